The van der Waals surface area contributed by atoms with Crippen molar-refractivity contribution in [2.75, 3.05) is 5.75 Å². The Balaban J connectivity index is 1.87. The van der Waals surface area contributed by atoms with Gasteiger partial charge in [0.05, 0.1) is 5.75 Å². The highest BCUT2D eigenvalue weighted by atomic mass is 35.5. The number of aryl methyl sites for hydroxylation is 2. The van der Waals surface area contributed by atoms with Crippen molar-refractivity contribution in [2.24, 2.45) is 0 Å². The van der Waals surface area contributed by atoms with E-state index in [4.69, 9.17) is 11.6 Å². The fourth-order valence-electron chi connectivity index (χ4n) is 4.30. The topological polar surface area (TPSA) is 49.4 Å². The molecule has 2 amide bonds. The van der Waals surface area contributed by atoms with Crippen molar-refractivity contribution in [1.82, 2.24) is 10.2 Å². The number of benzene rings is 3. The van der Waals surface area contributed by atoms with Crippen LogP contribution in [0, 0.1) is 13.8 Å². The molecule has 0 aromatic heterocycles. The summed E-state index contributed by atoms with van der Waals surface area (Å²) in [6.07, 6.45) is 1.25. The van der Waals surface area contributed by atoms with Crippen molar-refractivity contribution in [3.63, 3.8) is 0 Å². The predicted octanol–water partition coefficient (Wildman–Crippen LogP) is 6.74. The van der Waals surface area contributed by atoms with Crippen LogP contribution in [0.3, 0.4) is 0 Å². The Labute approximate surface area is 230 Å². The molecule has 6 heteroatoms. The Morgan fingerprint density at radius 2 is 1.59 bits per heavy atom. The lowest BCUT2D eigenvalue weighted by Gasteiger charge is -2.32. The summed E-state index contributed by atoms with van der Waals surface area (Å²) in [4.78, 5) is 29.0. The summed E-state index contributed by atoms with van der Waals surface area (Å²) in [7, 11) is 0. The number of hydrogen-bond acceptors (Lipinski definition) is 3. The Morgan fingerprint density at radius 3 is 2.24 bits per heavy atom. The van der Waals surface area contributed by atoms with Crippen molar-refractivity contribution in [3.05, 3.63) is 106 Å². The van der Waals surface area contributed by atoms with Gasteiger partial charge < -0.3 is 10.2 Å². The molecular formula is C31H37ClN2O2S. The third kappa shape index (κ3) is 8.94. The molecule has 3 aromatic carbocycles. The van der Waals surface area contributed by atoms with E-state index in [1.165, 1.54) is 16.7 Å². The number of hydrogen-bond donors (Lipinski definition) is 1. The van der Waals surface area contributed by atoms with Gasteiger partial charge in [-0.25, -0.2) is 0 Å². The van der Waals surface area contributed by atoms with Crippen molar-refractivity contribution < 1.29 is 9.59 Å². The molecule has 0 saturated carbocycles. The molecular weight excluding hydrogens is 500 g/mol. The van der Waals surface area contributed by atoms with Crippen molar-refractivity contribution in [3.8, 4) is 0 Å². The molecule has 0 aliphatic carbocycles. The van der Waals surface area contributed by atoms with Crippen LogP contribution in [0.5, 0.6) is 0 Å². The van der Waals surface area contributed by atoms with Crippen molar-refractivity contribution in [1.29, 1.82) is 0 Å². The first-order chi connectivity index (χ1) is 17.8. The minimum absolute atomic E-state index is 0.0157. The molecule has 0 bridgehead atoms. The van der Waals surface area contributed by atoms with Gasteiger partial charge in [-0.3, -0.25) is 9.59 Å². The van der Waals surface area contributed by atoms with Gasteiger partial charge in [0.1, 0.15) is 6.04 Å². The number of halogens is 1. The third-order valence-electron chi connectivity index (χ3n) is 6.35. The van der Waals surface area contributed by atoms with Crippen LogP contribution in [0.2, 0.25) is 5.02 Å². The molecule has 37 heavy (non-hydrogen) atoms. The van der Waals surface area contributed by atoms with Gasteiger partial charge in [-0.15, -0.1) is 11.8 Å². The second-order valence-electron chi connectivity index (χ2n) is 9.63. The van der Waals surface area contributed by atoms with Crippen molar-refractivity contribution >= 4 is 35.2 Å². The van der Waals surface area contributed by atoms with Crippen molar-refractivity contribution in [2.45, 2.75) is 64.9 Å². The van der Waals surface area contributed by atoms with Crippen LogP contribution in [0.1, 0.15) is 48.1 Å². The molecule has 0 unspecified atom stereocenters. The molecule has 3 rings (SSSR count). The van der Waals surface area contributed by atoms with Gasteiger partial charge in [-0.1, -0.05) is 96.4 Å². The number of nitrogens with one attached hydrogen (secondary N) is 1. The van der Waals surface area contributed by atoms with Crippen LogP contribution < -0.4 is 5.32 Å². The SMILES string of the molecule is CC[C@H](C)NC(=O)[C@H](Cc1ccccc1)N(Cc1ccccc1Cl)C(=O)CSCc1cc(C)cc(C)c1. The smallest absolute Gasteiger partial charge is 0.243 e. The van der Waals surface area contributed by atoms with Crippen LogP contribution in [-0.2, 0) is 28.3 Å². The van der Waals surface area contributed by atoms with E-state index in [0.29, 0.717) is 11.4 Å². The van der Waals surface area contributed by atoms with Gasteiger partial charge in [-0.05, 0) is 49.9 Å². The zero-order valence-electron chi connectivity index (χ0n) is 22.2. The standard InChI is InChI=1S/C31H37ClN2O2S/c1-5-24(4)33-31(36)29(18-25-11-7-6-8-12-25)34(19-27-13-9-10-14-28(27)32)30(35)21-37-20-26-16-22(2)15-23(3)17-26/h6-17,24,29H,5,18-21H2,1-4H3,(H,33,36)/t24-,29-/m0/s1. The quantitative estimate of drug-likeness (QED) is 0.279. The van der Waals surface area contributed by atoms with Gasteiger partial charge in [0.15, 0.2) is 0 Å². The lowest BCUT2D eigenvalue weighted by atomic mass is 10.0. The first-order valence-corrected chi connectivity index (χ1v) is 14.3. The van der Waals surface area contributed by atoms with Crippen LogP contribution >= 0.6 is 23.4 Å². The fraction of sp³-hybridized carbons (Fsp3) is 0.355. The van der Waals surface area contributed by atoms with Gasteiger partial charge in [-0.2, -0.15) is 0 Å². The molecule has 0 heterocycles. The Morgan fingerprint density at radius 1 is 0.946 bits per heavy atom. The predicted molar refractivity (Wildman–Crippen MR) is 156 cm³/mol. The maximum atomic E-state index is 13.8. The highest BCUT2D eigenvalue weighted by molar-refractivity contribution is 7.99. The van der Waals surface area contributed by atoms with Gasteiger partial charge in [0.25, 0.3) is 0 Å². The van der Waals surface area contributed by atoms with Crippen LogP contribution in [-0.4, -0.2) is 34.6 Å². The largest absolute Gasteiger partial charge is 0.352 e. The van der Waals surface area contributed by atoms with E-state index in [1.54, 1.807) is 16.7 Å². The summed E-state index contributed by atoms with van der Waals surface area (Å²) in [5, 5.41) is 3.69. The zero-order chi connectivity index (χ0) is 26.8. The number of carbonyl (C=O) groups is 2. The summed E-state index contributed by atoms with van der Waals surface area (Å²) in [5.41, 5.74) is 5.46. The molecule has 2 atom stereocenters. The minimum atomic E-state index is -0.651. The van der Waals surface area contributed by atoms with E-state index in [9.17, 15) is 9.59 Å². The van der Waals surface area contributed by atoms with Gasteiger partial charge in [0.2, 0.25) is 11.8 Å². The molecule has 0 saturated heterocycles. The van der Waals surface area contributed by atoms with E-state index >= 15 is 0 Å². The first kappa shape index (κ1) is 28.8. The summed E-state index contributed by atoms with van der Waals surface area (Å²) < 4.78 is 0. The molecule has 4 nitrogen and oxygen atoms in total. The average molecular weight is 537 g/mol. The molecule has 0 aliphatic rings. The fourth-order valence-corrected chi connectivity index (χ4v) is 5.34. The normalized spacial score (nSPS) is 12.6. The number of rotatable bonds is 12. The lowest BCUT2D eigenvalue weighted by molar-refractivity contribution is -0.139. The summed E-state index contributed by atoms with van der Waals surface area (Å²) in [5.74, 6) is 0.795. The number of amides is 2. The zero-order valence-corrected chi connectivity index (χ0v) is 23.7. The van der Waals surface area contributed by atoms with E-state index in [1.807, 2.05) is 68.4 Å². The highest BCUT2D eigenvalue weighted by Gasteiger charge is 2.31. The molecule has 0 aliphatic heterocycles. The van der Waals surface area contributed by atoms with Crippen LogP contribution in [0.15, 0.2) is 72.8 Å². The monoisotopic (exact) mass is 536 g/mol. The first-order valence-electron chi connectivity index (χ1n) is 12.8. The minimum Gasteiger partial charge on any atom is -0.352 e. The maximum Gasteiger partial charge on any atom is 0.243 e. The maximum absolute atomic E-state index is 13.8. The Kier molecular flexibility index (Phi) is 11.1. The van der Waals surface area contributed by atoms with Crippen LogP contribution in [0.4, 0.5) is 0 Å². The molecule has 0 radical (unpaired) electrons. The Hall–Kier alpha value is -2.76. The summed E-state index contributed by atoms with van der Waals surface area (Å²) >= 11 is 8.07. The Bertz CT molecular complexity index is 1160. The molecule has 196 valence electrons. The van der Waals surface area contributed by atoms with E-state index in [2.05, 4.69) is 37.4 Å². The van der Waals surface area contributed by atoms with E-state index < -0.39 is 6.04 Å². The van der Waals surface area contributed by atoms with Crippen LogP contribution in [0.25, 0.3) is 0 Å². The summed E-state index contributed by atoms with van der Waals surface area (Å²) in [6, 6.07) is 23.2. The molecule has 3 aromatic rings. The van der Waals surface area contributed by atoms with E-state index in [-0.39, 0.29) is 30.2 Å². The summed E-state index contributed by atoms with van der Waals surface area (Å²) in [6.45, 7) is 8.46. The molecule has 0 spiro atoms. The lowest BCUT2D eigenvalue weighted by Crippen LogP contribution is -2.52. The van der Waals surface area contributed by atoms with E-state index in [0.717, 1.165) is 23.3 Å². The second kappa shape index (κ2) is 14.3. The molecule has 0 fully saturated rings. The number of thioether (sulfide) groups is 1. The highest BCUT2D eigenvalue weighted by Crippen LogP contribution is 2.23. The number of nitrogens with zero attached hydrogens (tertiary/aromatic N) is 1. The van der Waals surface area contributed by atoms with Gasteiger partial charge in [0, 0.05) is 29.8 Å². The average Bonchev–Trinajstić information content (AvgIpc) is 2.87. The second-order valence-corrected chi connectivity index (χ2v) is 11.0. The number of carbonyl (C=O) groups excluding carboxylic acids is 2. The van der Waals surface area contributed by atoms with Gasteiger partial charge >= 0.3 is 0 Å². The molecule has 1 N–H and O–H groups in total. The third-order valence-corrected chi connectivity index (χ3v) is 7.70.